The van der Waals surface area contributed by atoms with Gasteiger partial charge in [-0.3, -0.25) is 10.1 Å². The zero-order valence-electron chi connectivity index (χ0n) is 18.5. The highest BCUT2D eigenvalue weighted by molar-refractivity contribution is 7.80. The summed E-state index contributed by atoms with van der Waals surface area (Å²) in [6, 6.07) is 16.7. The van der Waals surface area contributed by atoms with Crippen LogP contribution in [0, 0.1) is 5.92 Å². The summed E-state index contributed by atoms with van der Waals surface area (Å²) in [5.74, 6) is 0.964. The first-order valence-electron chi connectivity index (χ1n) is 10.5. The van der Waals surface area contributed by atoms with Gasteiger partial charge in [0.15, 0.2) is 10.7 Å². The number of phenols is 1. The quantitative estimate of drug-likeness (QED) is 0.222. The lowest BCUT2D eigenvalue weighted by Gasteiger charge is -2.12. The first kappa shape index (κ1) is 23.5. The Kier molecular flexibility index (Phi) is 7.00. The Morgan fingerprint density at radius 1 is 1.15 bits per heavy atom. The van der Waals surface area contributed by atoms with Crippen LogP contribution in [0.15, 0.2) is 65.1 Å². The van der Waals surface area contributed by atoms with Crippen LogP contribution in [0.4, 0.5) is 5.69 Å². The summed E-state index contributed by atoms with van der Waals surface area (Å²) in [4.78, 5) is 16.9. The van der Waals surface area contributed by atoms with Gasteiger partial charge in [0.05, 0.1) is 12.2 Å². The molecule has 0 unspecified atom stereocenters. The van der Waals surface area contributed by atoms with Crippen LogP contribution in [0.2, 0.25) is 5.02 Å². The Labute approximate surface area is 206 Å². The summed E-state index contributed by atoms with van der Waals surface area (Å²) in [5, 5.41) is 16.5. The molecule has 0 aliphatic rings. The number of oxazole rings is 1. The second-order valence-electron chi connectivity index (χ2n) is 8.00. The lowest BCUT2D eigenvalue weighted by Crippen LogP contribution is -2.34. The van der Waals surface area contributed by atoms with Crippen molar-refractivity contribution in [1.29, 1.82) is 0 Å². The number of nitrogens with one attached hydrogen (secondary N) is 2. The Bertz CT molecular complexity index is 1350. The van der Waals surface area contributed by atoms with Crippen molar-refractivity contribution >= 4 is 51.6 Å². The van der Waals surface area contributed by atoms with Crippen LogP contribution in [0.5, 0.6) is 11.5 Å². The fraction of sp³-hybridized carbons (Fsp3) is 0.160. The molecule has 0 bridgehead atoms. The van der Waals surface area contributed by atoms with Crippen molar-refractivity contribution in [2.24, 2.45) is 5.92 Å². The van der Waals surface area contributed by atoms with Gasteiger partial charge in [-0.2, -0.15) is 0 Å². The standard InChI is InChI=1S/C25H22ClN3O4S/c1-14(2)13-32-18-7-3-15(4-8-18)23(31)29-25(34)27-17-6-9-21(30)19(12-17)24-28-20-11-16(26)5-10-22(20)33-24/h3-12,14,30H,13H2,1-2H3,(H2,27,29,31,34). The van der Waals surface area contributed by atoms with Gasteiger partial charge in [0, 0.05) is 16.3 Å². The van der Waals surface area contributed by atoms with Gasteiger partial charge in [0.2, 0.25) is 5.89 Å². The SMILES string of the molecule is CC(C)COc1ccc(C(=O)NC(=S)Nc2ccc(O)c(-c3nc4cc(Cl)ccc4o3)c2)cc1. The molecule has 0 saturated heterocycles. The molecule has 0 saturated carbocycles. The molecule has 0 spiro atoms. The van der Waals surface area contributed by atoms with E-state index in [1.807, 2.05) is 0 Å². The second-order valence-corrected chi connectivity index (χ2v) is 8.85. The van der Waals surface area contributed by atoms with E-state index < -0.39 is 0 Å². The number of amides is 1. The Hall–Kier alpha value is -3.62. The van der Waals surface area contributed by atoms with E-state index in [1.54, 1.807) is 54.6 Å². The third-order valence-corrected chi connectivity index (χ3v) is 5.20. The topological polar surface area (TPSA) is 96.6 Å². The van der Waals surface area contributed by atoms with Gasteiger partial charge < -0.3 is 19.6 Å². The van der Waals surface area contributed by atoms with Gasteiger partial charge in [0.25, 0.3) is 5.91 Å². The fourth-order valence-electron chi connectivity index (χ4n) is 3.10. The fourth-order valence-corrected chi connectivity index (χ4v) is 3.48. The minimum atomic E-state index is -0.359. The molecule has 174 valence electrons. The van der Waals surface area contributed by atoms with Crippen molar-refractivity contribution in [1.82, 2.24) is 10.3 Å². The summed E-state index contributed by atoms with van der Waals surface area (Å²) in [6.45, 7) is 4.73. The lowest BCUT2D eigenvalue weighted by molar-refractivity contribution is 0.0977. The maximum atomic E-state index is 12.5. The highest BCUT2D eigenvalue weighted by Gasteiger charge is 2.15. The minimum absolute atomic E-state index is 0.0158. The molecular weight excluding hydrogens is 474 g/mol. The van der Waals surface area contributed by atoms with E-state index in [0.29, 0.717) is 51.2 Å². The third-order valence-electron chi connectivity index (χ3n) is 4.76. The van der Waals surface area contributed by atoms with Crippen molar-refractivity contribution in [3.8, 4) is 23.0 Å². The number of aromatic hydroxyl groups is 1. The molecule has 4 aromatic rings. The van der Waals surface area contributed by atoms with Crippen molar-refractivity contribution in [2.75, 3.05) is 11.9 Å². The number of rotatable bonds is 6. The monoisotopic (exact) mass is 495 g/mol. The number of halogens is 1. The Morgan fingerprint density at radius 2 is 1.91 bits per heavy atom. The number of benzene rings is 3. The van der Waals surface area contributed by atoms with E-state index in [-0.39, 0.29) is 22.7 Å². The number of hydrogen-bond donors (Lipinski definition) is 3. The van der Waals surface area contributed by atoms with Gasteiger partial charge in [-0.1, -0.05) is 25.4 Å². The average molecular weight is 496 g/mol. The molecule has 34 heavy (non-hydrogen) atoms. The van der Waals surface area contributed by atoms with Gasteiger partial charge >= 0.3 is 0 Å². The number of nitrogens with zero attached hydrogens (tertiary/aromatic N) is 1. The van der Waals surface area contributed by atoms with E-state index in [4.69, 9.17) is 33.0 Å². The molecule has 0 aliphatic heterocycles. The van der Waals surface area contributed by atoms with E-state index >= 15 is 0 Å². The van der Waals surface area contributed by atoms with E-state index in [2.05, 4.69) is 29.5 Å². The summed E-state index contributed by atoms with van der Waals surface area (Å²) >= 11 is 11.3. The van der Waals surface area contributed by atoms with E-state index in [1.165, 1.54) is 6.07 Å². The average Bonchev–Trinajstić information content (AvgIpc) is 3.22. The Morgan fingerprint density at radius 3 is 2.65 bits per heavy atom. The zero-order valence-corrected chi connectivity index (χ0v) is 20.0. The van der Waals surface area contributed by atoms with Crippen LogP contribution in [0.1, 0.15) is 24.2 Å². The number of anilines is 1. The summed E-state index contributed by atoms with van der Waals surface area (Å²) in [7, 11) is 0. The predicted molar refractivity (Wildman–Crippen MR) is 137 cm³/mol. The highest BCUT2D eigenvalue weighted by Crippen LogP contribution is 2.33. The first-order valence-corrected chi connectivity index (χ1v) is 11.3. The number of aromatic nitrogens is 1. The summed E-state index contributed by atoms with van der Waals surface area (Å²) in [5.41, 5.74) is 2.46. The van der Waals surface area contributed by atoms with Crippen molar-refractivity contribution in [3.05, 3.63) is 71.2 Å². The molecule has 1 amide bonds. The number of fused-ring (bicyclic) bond motifs is 1. The van der Waals surface area contributed by atoms with Crippen LogP contribution < -0.4 is 15.4 Å². The number of phenolic OH excluding ortho intramolecular Hbond substituents is 1. The molecule has 0 atom stereocenters. The molecule has 1 aromatic heterocycles. The third kappa shape index (κ3) is 5.65. The lowest BCUT2D eigenvalue weighted by atomic mass is 10.1. The van der Waals surface area contributed by atoms with Gasteiger partial charge in [0.1, 0.15) is 17.0 Å². The first-order chi connectivity index (χ1) is 16.3. The number of hydrogen-bond acceptors (Lipinski definition) is 6. The van der Waals surface area contributed by atoms with Crippen molar-refractivity contribution in [3.63, 3.8) is 0 Å². The smallest absolute Gasteiger partial charge is 0.257 e. The number of thiocarbonyl (C=S) groups is 1. The molecule has 3 aromatic carbocycles. The minimum Gasteiger partial charge on any atom is -0.507 e. The molecule has 4 rings (SSSR count). The van der Waals surface area contributed by atoms with Crippen LogP contribution in [0.3, 0.4) is 0 Å². The highest BCUT2D eigenvalue weighted by atomic mass is 35.5. The molecular formula is C25H22ClN3O4S. The normalized spacial score (nSPS) is 10.9. The largest absolute Gasteiger partial charge is 0.507 e. The zero-order chi connectivity index (χ0) is 24.2. The molecule has 1 heterocycles. The second kappa shape index (κ2) is 10.1. The van der Waals surface area contributed by atoms with Crippen molar-refractivity contribution in [2.45, 2.75) is 13.8 Å². The molecule has 9 heteroatoms. The molecule has 0 aliphatic carbocycles. The summed E-state index contributed by atoms with van der Waals surface area (Å²) < 4.78 is 11.4. The molecule has 0 radical (unpaired) electrons. The Balaban J connectivity index is 1.43. The van der Waals surface area contributed by atoms with Gasteiger partial charge in [-0.25, -0.2) is 4.98 Å². The maximum absolute atomic E-state index is 12.5. The van der Waals surface area contributed by atoms with Crippen LogP contribution in [-0.2, 0) is 0 Å². The summed E-state index contributed by atoms with van der Waals surface area (Å²) in [6.07, 6.45) is 0. The number of carbonyl (C=O) groups excluding carboxylic acids is 1. The van der Waals surface area contributed by atoms with Crippen molar-refractivity contribution < 1.29 is 19.1 Å². The number of carbonyl (C=O) groups is 1. The van der Waals surface area contributed by atoms with Crippen LogP contribution in [-0.4, -0.2) is 27.7 Å². The van der Waals surface area contributed by atoms with E-state index in [0.717, 1.165) is 0 Å². The van der Waals surface area contributed by atoms with Gasteiger partial charge in [-0.15, -0.1) is 0 Å². The van der Waals surface area contributed by atoms with E-state index in [9.17, 15) is 9.90 Å². The number of ether oxygens (including phenoxy) is 1. The maximum Gasteiger partial charge on any atom is 0.257 e. The van der Waals surface area contributed by atoms with Crippen LogP contribution in [0.25, 0.3) is 22.6 Å². The predicted octanol–water partition coefficient (Wildman–Crippen LogP) is 6.02. The van der Waals surface area contributed by atoms with Gasteiger partial charge in [-0.05, 0) is 78.8 Å². The van der Waals surface area contributed by atoms with Crippen LogP contribution >= 0.6 is 23.8 Å². The molecule has 3 N–H and O–H groups in total. The molecule has 7 nitrogen and oxygen atoms in total. The molecule has 0 fully saturated rings.